The van der Waals surface area contributed by atoms with Crippen molar-refractivity contribution in [3.8, 4) is 0 Å². The van der Waals surface area contributed by atoms with Crippen molar-refractivity contribution in [2.45, 2.75) is 32.4 Å². The van der Waals surface area contributed by atoms with Crippen LogP contribution in [-0.2, 0) is 6.54 Å². The summed E-state index contributed by atoms with van der Waals surface area (Å²) in [5, 5.41) is 0. The molecule has 1 saturated heterocycles. The van der Waals surface area contributed by atoms with Gasteiger partial charge in [-0.15, -0.1) is 0 Å². The van der Waals surface area contributed by atoms with E-state index >= 15 is 0 Å². The maximum absolute atomic E-state index is 5.95. The molecule has 3 nitrogen and oxygen atoms in total. The Bertz CT molecular complexity index is 337. The average Bonchev–Trinajstić information content (AvgIpc) is 2.33. The van der Waals surface area contributed by atoms with E-state index in [1.165, 1.54) is 18.4 Å². The number of benzene rings is 1. The van der Waals surface area contributed by atoms with Gasteiger partial charge < -0.3 is 11.5 Å². The molecule has 1 atom stereocenters. The largest absolute Gasteiger partial charge is 0.399 e. The van der Waals surface area contributed by atoms with Crippen molar-refractivity contribution in [3.05, 3.63) is 29.8 Å². The van der Waals surface area contributed by atoms with E-state index in [-0.39, 0.29) is 0 Å². The summed E-state index contributed by atoms with van der Waals surface area (Å²) in [4.78, 5) is 2.50. The lowest BCUT2D eigenvalue weighted by molar-refractivity contribution is 0.166. The molecule has 0 aliphatic carbocycles. The highest BCUT2D eigenvalue weighted by Crippen LogP contribution is 2.21. The van der Waals surface area contributed by atoms with Crippen LogP contribution in [0.15, 0.2) is 24.3 Å². The third-order valence-electron chi connectivity index (χ3n) is 3.76. The van der Waals surface area contributed by atoms with Crippen LogP contribution in [0.2, 0.25) is 0 Å². The summed E-state index contributed by atoms with van der Waals surface area (Å²) >= 11 is 0. The molecule has 1 aromatic rings. The Morgan fingerprint density at radius 3 is 2.35 bits per heavy atom. The van der Waals surface area contributed by atoms with Gasteiger partial charge in [-0.25, -0.2) is 0 Å². The van der Waals surface area contributed by atoms with Crippen molar-refractivity contribution in [3.63, 3.8) is 0 Å². The van der Waals surface area contributed by atoms with Gasteiger partial charge in [-0.2, -0.15) is 0 Å². The number of nitrogen functional groups attached to an aromatic ring is 1. The monoisotopic (exact) mass is 233 g/mol. The lowest BCUT2D eigenvalue weighted by atomic mass is 9.91. The number of likely N-dealkylation sites (tertiary alicyclic amines) is 1. The number of anilines is 1. The molecule has 94 valence electrons. The first-order chi connectivity index (χ1) is 8.15. The predicted octanol–water partition coefficient (Wildman–Crippen LogP) is 1.83. The summed E-state index contributed by atoms with van der Waals surface area (Å²) in [5.74, 6) is 0.706. The fourth-order valence-electron chi connectivity index (χ4n) is 2.52. The second-order valence-electron chi connectivity index (χ2n) is 5.21. The molecule has 1 aromatic carbocycles. The van der Waals surface area contributed by atoms with Gasteiger partial charge in [-0.05, 0) is 56.5 Å². The molecule has 0 saturated carbocycles. The molecular formula is C14H23N3. The van der Waals surface area contributed by atoms with Gasteiger partial charge in [0.2, 0.25) is 0 Å². The number of rotatable bonds is 3. The molecule has 1 heterocycles. The topological polar surface area (TPSA) is 55.3 Å². The highest BCUT2D eigenvalue weighted by Gasteiger charge is 2.21. The van der Waals surface area contributed by atoms with Gasteiger partial charge >= 0.3 is 0 Å². The first kappa shape index (κ1) is 12.4. The van der Waals surface area contributed by atoms with Crippen LogP contribution in [0.1, 0.15) is 25.3 Å². The number of nitrogens with zero attached hydrogens (tertiary/aromatic N) is 1. The number of piperidine rings is 1. The van der Waals surface area contributed by atoms with E-state index in [9.17, 15) is 0 Å². The number of nitrogens with two attached hydrogens (primary N) is 2. The van der Waals surface area contributed by atoms with Gasteiger partial charge in [0.25, 0.3) is 0 Å². The first-order valence-corrected chi connectivity index (χ1v) is 6.47. The fourth-order valence-corrected chi connectivity index (χ4v) is 2.52. The lowest BCUT2D eigenvalue weighted by Gasteiger charge is -2.33. The summed E-state index contributed by atoms with van der Waals surface area (Å²) in [6, 6.07) is 8.53. The predicted molar refractivity (Wildman–Crippen MR) is 72.5 cm³/mol. The van der Waals surface area contributed by atoms with Gasteiger partial charge in [0.1, 0.15) is 0 Å². The normalized spacial score (nSPS) is 20.4. The maximum atomic E-state index is 5.95. The highest BCUT2D eigenvalue weighted by atomic mass is 15.1. The van der Waals surface area contributed by atoms with E-state index in [4.69, 9.17) is 11.5 Å². The van der Waals surface area contributed by atoms with Crippen LogP contribution in [0, 0.1) is 5.92 Å². The van der Waals surface area contributed by atoms with Crippen LogP contribution in [-0.4, -0.2) is 24.0 Å². The molecule has 1 fully saturated rings. The first-order valence-electron chi connectivity index (χ1n) is 6.47. The van der Waals surface area contributed by atoms with Crippen molar-refractivity contribution < 1.29 is 0 Å². The average molecular weight is 233 g/mol. The fraction of sp³-hybridized carbons (Fsp3) is 0.571. The van der Waals surface area contributed by atoms with E-state index in [1.54, 1.807) is 0 Å². The third-order valence-corrected chi connectivity index (χ3v) is 3.76. The van der Waals surface area contributed by atoms with E-state index in [0.29, 0.717) is 12.0 Å². The Kier molecular flexibility index (Phi) is 4.02. The number of hydrogen-bond donors (Lipinski definition) is 2. The smallest absolute Gasteiger partial charge is 0.0314 e. The van der Waals surface area contributed by atoms with Crippen LogP contribution in [0.5, 0.6) is 0 Å². The summed E-state index contributed by atoms with van der Waals surface area (Å²) in [5.41, 5.74) is 13.8. The zero-order valence-electron chi connectivity index (χ0n) is 10.6. The van der Waals surface area contributed by atoms with Crippen molar-refractivity contribution in [2.24, 2.45) is 11.7 Å². The van der Waals surface area contributed by atoms with Crippen molar-refractivity contribution in [1.29, 1.82) is 0 Å². The molecule has 1 aliphatic rings. The minimum absolute atomic E-state index is 0.341. The zero-order valence-corrected chi connectivity index (χ0v) is 10.6. The standard InChI is InChI=1S/C14H23N3/c1-11(15)13-6-8-17(9-7-13)10-12-2-4-14(16)5-3-12/h2-5,11,13H,6-10,15-16H2,1H3. The molecule has 1 aliphatic heterocycles. The Balaban J connectivity index is 1.84. The van der Waals surface area contributed by atoms with Gasteiger partial charge in [0.15, 0.2) is 0 Å². The molecular weight excluding hydrogens is 210 g/mol. The summed E-state index contributed by atoms with van der Waals surface area (Å²) in [6.45, 7) is 5.49. The Hall–Kier alpha value is -1.06. The van der Waals surface area contributed by atoms with E-state index in [2.05, 4.69) is 24.0 Å². The quantitative estimate of drug-likeness (QED) is 0.783. The Labute approximate surface area is 104 Å². The second-order valence-corrected chi connectivity index (χ2v) is 5.21. The van der Waals surface area contributed by atoms with E-state index in [0.717, 1.165) is 25.3 Å². The Morgan fingerprint density at radius 2 is 1.82 bits per heavy atom. The maximum Gasteiger partial charge on any atom is 0.0314 e. The second kappa shape index (κ2) is 5.52. The van der Waals surface area contributed by atoms with Crippen LogP contribution < -0.4 is 11.5 Å². The van der Waals surface area contributed by atoms with Gasteiger partial charge in [0, 0.05) is 18.3 Å². The van der Waals surface area contributed by atoms with Crippen LogP contribution in [0.25, 0.3) is 0 Å². The van der Waals surface area contributed by atoms with Crippen molar-refractivity contribution in [2.75, 3.05) is 18.8 Å². The van der Waals surface area contributed by atoms with Gasteiger partial charge in [0.05, 0.1) is 0 Å². The van der Waals surface area contributed by atoms with E-state index in [1.807, 2.05) is 12.1 Å². The highest BCUT2D eigenvalue weighted by molar-refractivity contribution is 5.39. The van der Waals surface area contributed by atoms with Crippen LogP contribution >= 0.6 is 0 Å². The molecule has 0 spiro atoms. The molecule has 2 rings (SSSR count). The molecule has 17 heavy (non-hydrogen) atoms. The lowest BCUT2D eigenvalue weighted by Crippen LogP contribution is -2.39. The van der Waals surface area contributed by atoms with Crippen molar-refractivity contribution >= 4 is 5.69 Å². The van der Waals surface area contributed by atoms with E-state index < -0.39 is 0 Å². The van der Waals surface area contributed by atoms with Crippen LogP contribution in [0.3, 0.4) is 0 Å². The van der Waals surface area contributed by atoms with Crippen molar-refractivity contribution in [1.82, 2.24) is 4.90 Å². The molecule has 1 unspecified atom stereocenters. The molecule has 0 aromatic heterocycles. The zero-order chi connectivity index (χ0) is 12.3. The number of hydrogen-bond acceptors (Lipinski definition) is 3. The third kappa shape index (κ3) is 3.45. The Morgan fingerprint density at radius 1 is 1.24 bits per heavy atom. The SMILES string of the molecule is CC(N)C1CCN(Cc2ccc(N)cc2)CC1. The minimum atomic E-state index is 0.341. The summed E-state index contributed by atoms with van der Waals surface area (Å²) in [7, 11) is 0. The summed E-state index contributed by atoms with van der Waals surface area (Å²) in [6.07, 6.45) is 2.46. The molecule has 3 heteroatoms. The molecule has 4 N–H and O–H groups in total. The molecule has 0 bridgehead atoms. The molecule has 0 amide bonds. The van der Waals surface area contributed by atoms with Crippen LogP contribution in [0.4, 0.5) is 5.69 Å². The summed E-state index contributed by atoms with van der Waals surface area (Å²) < 4.78 is 0. The minimum Gasteiger partial charge on any atom is -0.399 e. The van der Waals surface area contributed by atoms with Gasteiger partial charge in [-0.3, -0.25) is 4.90 Å². The van der Waals surface area contributed by atoms with Gasteiger partial charge in [-0.1, -0.05) is 12.1 Å². The molecule has 0 radical (unpaired) electrons.